The van der Waals surface area contributed by atoms with Crippen molar-refractivity contribution < 1.29 is 14.3 Å². The largest absolute Gasteiger partial charge is 0.504 e. The van der Waals surface area contributed by atoms with Crippen molar-refractivity contribution >= 4 is 16.8 Å². The number of furan rings is 1. The molecule has 1 aromatic heterocycles. The SMILES string of the molecule is CC(=O)c1oc2cc(C)c(C)cc2c1O. The van der Waals surface area contributed by atoms with E-state index in [4.69, 9.17) is 4.42 Å². The third-order valence-corrected chi connectivity index (χ3v) is 2.60. The van der Waals surface area contributed by atoms with Crippen LogP contribution < -0.4 is 0 Å². The number of hydrogen-bond acceptors (Lipinski definition) is 3. The third kappa shape index (κ3) is 1.40. The highest BCUT2D eigenvalue weighted by atomic mass is 16.4. The Labute approximate surface area is 87.3 Å². The number of carbonyl (C=O) groups is 1. The maximum absolute atomic E-state index is 11.2. The number of Topliss-reactive ketones (excluding diaryl/α,β-unsaturated/α-hetero) is 1. The van der Waals surface area contributed by atoms with E-state index in [2.05, 4.69) is 0 Å². The lowest BCUT2D eigenvalue weighted by atomic mass is 10.1. The van der Waals surface area contributed by atoms with Gasteiger partial charge in [-0.05, 0) is 37.1 Å². The minimum absolute atomic E-state index is 0.0370. The van der Waals surface area contributed by atoms with Crippen LogP contribution in [0.1, 0.15) is 28.6 Å². The predicted octanol–water partition coefficient (Wildman–Crippen LogP) is 2.96. The Balaban J connectivity index is 2.83. The molecule has 0 saturated heterocycles. The number of ketones is 1. The Hall–Kier alpha value is -1.77. The molecule has 2 aromatic rings. The molecule has 78 valence electrons. The molecule has 0 aliphatic carbocycles. The molecule has 0 unspecified atom stereocenters. The molecule has 3 heteroatoms. The minimum atomic E-state index is -0.265. The average Bonchev–Trinajstić information content (AvgIpc) is 2.46. The zero-order valence-corrected chi connectivity index (χ0v) is 8.92. The van der Waals surface area contributed by atoms with Crippen molar-refractivity contribution in [2.24, 2.45) is 0 Å². The quantitative estimate of drug-likeness (QED) is 0.726. The topological polar surface area (TPSA) is 50.4 Å². The minimum Gasteiger partial charge on any atom is -0.504 e. The van der Waals surface area contributed by atoms with Crippen molar-refractivity contribution in [2.75, 3.05) is 0 Å². The van der Waals surface area contributed by atoms with Gasteiger partial charge in [0, 0.05) is 6.92 Å². The molecular weight excluding hydrogens is 192 g/mol. The summed E-state index contributed by atoms with van der Waals surface area (Å²) >= 11 is 0. The van der Waals surface area contributed by atoms with Crippen LogP contribution in [0.2, 0.25) is 0 Å². The van der Waals surface area contributed by atoms with Crippen LogP contribution in [0.4, 0.5) is 0 Å². The van der Waals surface area contributed by atoms with E-state index in [-0.39, 0.29) is 17.3 Å². The molecular formula is C12H12O3. The number of benzene rings is 1. The van der Waals surface area contributed by atoms with Crippen LogP contribution in [-0.4, -0.2) is 10.9 Å². The van der Waals surface area contributed by atoms with Crippen molar-refractivity contribution in [1.29, 1.82) is 0 Å². The van der Waals surface area contributed by atoms with Gasteiger partial charge in [-0.1, -0.05) is 0 Å². The highest BCUT2D eigenvalue weighted by Crippen LogP contribution is 2.33. The Morgan fingerprint density at radius 2 is 1.87 bits per heavy atom. The van der Waals surface area contributed by atoms with Gasteiger partial charge in [-0.15, -0.1) is 0 Å². The van der Waals surface area contributed by atoms with Gasteiger partial charge in [-0.2, -0.15) is 0 Å². The van der Waals surface area contributed by atoms with E-state index in [1.807, 2.05) is 26.0 Å². The normalized spacial score (nSPS) is 10.9. The van der Waals surface area contributed by atoms with E-state index in [0.29, 0.717) is 11.0 Å². The second kappa shape index (κ2) is 3.12. The van der Waals surface area contributed by atoms with Crippen LogP contribution in [0, 0.1) is 13.8 Å². The molecule has 0 saturated carbocycles. The predicted molar refractivity (Wildman–Crippen MR) is 57.4 cm³/mol. The van der Waals surface area contributed by atoms with E-state index < -0.39 is 0 Å². The maximum Gasteiger partial charge on any atom is 0.212 e. The van der Waals surface area contributed by atoms with Gasteiger partial charge in [-0.25, -0.2) is 0 Å². The molecule has 0 bridgehead atoms. The summed E-state index contributed by atoms with van der Waals surface area (Å²) in [6.07, 6.45) is 0. The van der Waals surface area contributed by atoms with Crippen molar-refractivity contribution in [3.8, 4) is 5.75 Å². The third-order valence-electron chi connectivity index (χ3n) is 2.60. The second-order valence-electron chi connectivity index (χ2n) is 3.77. The molecule has 1 heterocycles. The van der Waals surface area contributed by atoms with Crippen molar-refractivity contribution in [2.45, 2.75) is 20.8 Å². The van der Waals surface area contributed by atoms with E-state index in [9.17, 15) is 9.90 Å². The van der Waals surface area contributed by atoms with Gasteiger partial charge in [-0.3, -0.25) is 4.79 Å². The Bertz CT molecular complexity index is 549. The first-order chi connectivity index (χ1) is 7.00. The van der Waals surface area contributed by atoms with Gasteiger partial charge in [0.15, 0.2) is 11.5 Å². The molecule has 0 fully saturated rings. The van der Waals surface area contributed by atoms with Crippen molar-refractivity contribution in [3.63, 3.8) is 0 Å². The molecule has 0 radical (unpaired) electrons. The molecule has 0 aliphatic rings. The summed E-state index contributed by atoms with van der Waals surface area (Å²) < 4.78 is 5.30. The lowest BCUT2D eigenvalue weighted by Crippen LogP contribution is -1.87. The van der Waals surface area contributed by atoms with Crippen molar-refractivity contribution in [1.82, 2.24) is 0 Å². The number of hydrogen-bond donors (Lipinski definition) is 1. The van der Waals surface area contributed by atoms with Gasteiger partial charge in [0.1, 0.15) is 5.58 Å². The Morgan fingerprint density at radius 3 is 2.47 bits per heavy atom. The fraction of sp³-hybridized carbons (Fsp3) is 0.250. The highest BCUT2D eigenvalue weighted by Gasteiger charge is 2.17. The molecule has 3 nitrogen and oxygen atoms in total. The van der Waals surface area contributed by atoms with Crippen LogP contribution in [-0.2, 0) is 0 Å². The lowest BCUT2D eigenvalue weighted by Gasteiger charge is -1.97. The first-order valence-corrected chi connectivity index (χ1v) is 4.74. The second-order valence-corrected chi connectivity index (χ2v) is 3.77. The van der Waals surface area contributed by atoms with Crippen LogP contribution in [0.25, 0.3) is 11.0 Å². The Kier molecular flexibility index (Phi) is 2.03. The lowest BCUT2D eigenvalue weighted by molar-refractivity contribution is 0.0985. The van der Waals surface area contributed by atoms with Gasteiger partial charge in [0.05, 0.1) is 5.39 Å². The van der Waals surface area contributed by atoms with Crippen LogP contribution in [0.3, 0.4) is 0 Å². The molecule has 0 amide bonds. The number of aromatic hydroxyl groups is 1. The molecule has 15 heavy (non-hydrogen) atoms. The number of carbonyl (C=O) groups excluding carboxylic acids is 1. The fourth-order valence-corrected chi connectivity index (χ4v) is 1.58. The highest BCUT2D eigenvalue weighted by molar-refractivity contribution is 6.01. The fourth-order valence-electron chi connectivity index (χ4n) is 1.58. The average molecular weight is 204 g/mol. The molecule has 1 aromatic carbocycles. The molecule has 0 atom stereocenters. The standard InChI is InChI=1S/C12H12O3/c1-6-4-9-10(5-7(6)2)15-12(8(3)13)11(9)14/h4-5,14H,1-3H3. The monoisotopic (exact) mass is 204 g/mol. The summed E-state index contributed by atoms with van der Waals surface area (Å²) in [6, 6.07) is 3.66. The first kappa shape index (κ1) is 9.77. The number of rotatable bonds is 1. The summed E-state index contributed by atoms with van der Waals surface area (Å²) in [5.41, 5.74) is 2.70. The van der Waals surface area contributed by atoms with Crippen LogP contribution in [0.15, 0.2) is 16.5 Å². The molecule has 2 rings (SSSR count). The van der Waals surface area contributed by atoms with Gasteiger partial charge in [0.2, 0.25) is 5.76 Å². The van der Waals surface area contributed by atoms with Gasteiger partial charge in [0.25, 0.3) is 0 Å². The van der Waals surface area contributed by atoms with Crippen molar-refractivity contribution in [3.05, 3.63) is 29.0 Å². The number of fused-ring (bicyclic) bond motifs is 1. The zero-order valence-electron chi connectivity index (χ0n) is 8.92. The van der Waals surface area contributed by atoms with Crippen LogP contribution in [0.5, 0.6) is 5.75 Å². The summed E-state index contributed by atoms with van der Waals surface area (Å²) in [4.78, 5) is 11.2. The first-order valence-electron chi connectivity index (χ1n) is 4.74. The molecule has 0 spiro atoms. The smallest absolute Gasteiger partial charge is 0.212 e. The summed E-state index contributed by atoms with van der Waals surface area (Å²) in [5.74, 6) is -0.283. The Morgan fingerprint density at radius 1 is 1.27 bits per heavy atom. The summed E-state index contributed by atoms with van der Waals surface area (Å²) in [7, 11) is 0. The van der Waals surface area contributed by atoms with E-state index >= 15 is 0 Å². The zero-order chi connectivity index (χ0) is 11.2. The van der Waals surface area contributed by atoms with E-state index in [0.717, 1.165) is 11.1 Å². The summed E-state index contributed by atoms with van der Waals surface area (Å²) in [5, 5.41) is 10.4. The number of aryl methyl sites for hydroxylation is 2. The van der Waals surface area contributed by atoms with Crippen LogP contribution >= 0.6 is 0 Å². The van der Waals surface area contributed by atoms with Gasteiger partial charge >= 0.3 is 0 Å². The van der Waals surface area contributed by atoms with Gasteiger partial charge < -0.3 is 9.52 Å². The van der Waals surface area contributed by atoms with E-state index in [1.165, 1.54) is 6.92 Å². The summed E-state index contributed by atoms with van der Waals surface area (Å²) in [6.45, 7) is 5.29. The van der Waals surface area contributed by atoms with E-state index in [1.54, 1.807) is 0 Å². The maximum atomic E-state index is 11.2. The molecule has 1 N–H and O–H groups in total. The molecule has 0 aliphatic heterocycles.